The number of halogens is 1. The first-order valence-corrected chi connectivity index (χ1v) is 11.3. The van der Waals surface area contributed by atoms with Crippen LogP contribution in [-0.4, -0.2) is 76.6 Å². The van der Waals surface area contributed by atoms with Crippen LogP contribution in [0.15, 0.2) is 24.3 Å². The van der Waals surface area contributed by atoms with Crippen molar-refractivity contribution < 1.29 is 14.3 Å². The molecule has 4 fully saturated rings. The largest absolute Gasteiger partial charge is 0.508 e. The molecule has 0 aromatic heterocycles. The van der Waals surface area contributed by atoms with Crippen LogP contribution in [0.3, 0.4) is 0 Å². The Hall–Kier alpha value is -1.66. The summed E-state index contributed by atoms with van der Waals surface area (Å²) in [5.74, 6) is 0.198. The Morgan fingerprint density at radius 3 is 2.21 bits per heavy atom. The van der Waals surface area contributed by atoms with Gasteiger partial charge in [-0.3, -0.25) is 14.6 Å². The van der Waals surface area contributed by atoms with Crippen molar-refractivity contribution in [3.8, 4) is 5.75 Å². The summed E-state index contributed by atoms with van der Waals surface area (Å²) in [7, 11) is 0. The van der Waals surface area contributed by atoms with Gasteiger partial charge in [0, 0.05) is 38.3 Å². The summed E-state index contributed by atoms with van der Waals surface area (Å²) in [5.41, 5.74) is 0. The number of hydrogen-bond acceptors (Lipinski definition) is 4. The average molecular weight is 404 g/mol. The molecule has 5 rings (SSSR count). The van der Waals surface area contributed by atoms with Gasteiger partial charge in [-0.05, 0) is 75.8 Å². The Bertz CT molecular complexity index is 654. The van der Waals surface area contributed by atoms with E-state index in [1.54, 1.807) is 0 Å². The van der Waals surface area contributed by atoms with Crippen molar-refractivity contribution in [2.24, 2.45) is 0 Å². The van der Waals surface area contributed by atoms with Gasteiger partial charge in [0.15, 0.2) is 0 Å². The molecule has 0 spiro atoms. The van der Waals surface area contributed by atoms with E-state index < -0.39 is 0 Å². The Kier molecular flexibility index (Phi) is 6.70. The van der Waals surface area contributed by atoms with Crippen molar-refractivity contribution in [3.63, 3.8) is 0 Å². The number of carbonyl (C=O) groups excluding carboxylic acids is 1. The molecule has 2 heterocycles. The molecule has 4 aliphatic rings. The van der Waals surface area contributed by atoms with Gasteiger partial charge < -0.3 is 10.0 Å². The SMILES string of the molecule is O=C([C@H]1CCCN1C1CC1)N1CCCN(C2CCC2)CC1.Oc1ccc(F)cc1. The minimum Gasteiger partial charge on any atom is -0.508 e. The summed E-state index contributed by atoms with van der Waals surface area (Å²) in [4.78, 5) is 20.3. The van der Waals surface area contributed by atoms with Crippen LogP contribution >= 0.6 is 0 Å². The van der Waals surface area contributed by atoms with Crippen molar-refractivity contribution in [1.82, 2.24) is 14.7 Å². The number of nitrogens with zero attached hydrogens (tertiary/aromatic N) is 3. The first kappa shape index (κ1) is 20.6. The highest BCUT2D eigenvalue weighted by molar-refractivity contribution is 5.82. The van der Waals surface area contributed by atoms with Gasteiger partial charge in [-0.15, -0.1) is 0 Å². The van der Waals surface area contributed by atoms with Gasteiger partial charge in [0.1, 0.15) is 11.6 Å². The van der Waals surface area contributed by atoms with Crippen LogP contribution in [0.5, 0.6) is 5.75 Å². The highest BCUT2D eigenvalue weighted by atomic mass is 19.1. The van der Waals surface area contributed by atoms with Gasteiger partial charge in [0.05, 0.1) is 6.04 Å². The number of benzene rings is 1. The number of carbonyl (C=O) groups is 1. The number of likely N-dealkylation sites (tertiary alicyclic amines) is 1. The lowest BCUT2D eigenvalue weighted by atomic mass is 9.91. The first-order chi connectivity index (χ1) is 14.1. The normalized spacial score (nSPS) is 26.4. The third-order valence-electron chi connectivity index (χ3n) is 6.86. The van der Waals surface area contributed by atoms with Gasteiger partial charge >= 0.3 is 0 Å². The molecule has 2 saturated heterocycles. The zero-order chi connectivity index (χ0) is 20.2. The van der Waals surface area contributed by atoms with E-state index >= 15 is 0 Å². The zero-order valence-electron chi connectivity index (χ0n) is 17.3. The fourth-order valence-electron chi connectivity index (χ4n) is 4.82. The van der Waals surface area contributed by atoms with Crippen LogP contribution in [0.1, 0.15) is 51.4 Å². The lowest BCUT2D eigenvalue weighted by Gasteiger charge is -2.37. The van der Waals surface area contributed by atoms with E-state index in [1.807, 2.05) is 0 Å². The molecule has 1 amide bonds. The quantitative estimate of drug-likeness (QED) is 0.842. The fourth-order valence-corrected chi connectivity index (χ4v) is 4.82. The van der Waals surface area contributed by atoms with Crippen LogP contribution in [0.2, 0.25) is 0 Å². The molecule has 1 aromatic rings. The van der Waals surface area contributed by atoms with Crippen molar-refractivity contribution in [1.29, 1.82) is 0 Å². The number of aromatic hydroxyl groups is 1. The minimum absolute atomic E-state index is 0.0893. The van der Waals surface area contributed by atoms with Crippen molar-refractivity contribution in [2.75, 3.05) is 32.7 Å². The topological polar surface area (TPSA) is 47.0 Å². The average Bonchev–Trinajstić information content (AvgIpc) is 3.45. The van der Waals surface area contributed by atoms with Crippen molar-refractivity contribution in [3.05, 3.63) is 30.1 Å². The van der Waals surface area contributed by atoms with Gasteiger partial charge in [-0.1, -0.05) is 6.42 Å². The highest BCUT2D eigenvalue weighted by Crippen LogP contribution is 2.34. The molecule has 29 heavy (non-hydrogen) atoms. The van der Waals surface area contributed by atoms with Gasteiger partial charge in [0.2, 0.25) is 5.91 Å². The minimum atomic E-state index is -0.331. The molecule has 6 heteroatoms. The third kappa shape index (κ3) is 5.28. The lowest BCUT2D eigenvalue weighted by Crippen LogP contribution is -2.48. The molecule has 5 nitrogen and oxygen atoms in total. The summed E-state index contributed by atoms with van der Waals surface area (Å²) in [6.07, 6.45) is 10.3. The van der Waals surface area contributed by atoms with E-state index in [2.05, 4.69) is 14.7 Å². The summed E-state index contributed by atoms with van der Waals surface area (Å²) < 4.78 is 12.0. The molecule has 2 aliphatic heterocycles. The summed E-state index contributed by atoms with van der Waals surface area (Å²) >= 11 is 0. The smallest absolute Gasteiger partial charge is 0.239 e. The standard InChI is InChI=1S/C17H29N3O.C6H5FO/c21-17(16-6-2-11-20(16)15-7-8-15)19-10-3-9-18(12-13-19)14-4-1-5-14;7-5-1-3-6(8)4-2-5/h14-16H,1-13H2;1-4,8H/t16-;/m1./s1. The summed E-state index contributed by atoms with van der Waals surface area (Å²) in [6.45, 7) is 5.41. The molecule has 0 bridgehead atoms. The molecule has 0 radical (unpaired) electrons. The molecule has 2 aliphatic carbocycles. The predicted molar refractivity (Wildman–Crippen MR) is 111 cm³/mol. The molecular formula is C23H34FN3O2. The number of rotatable bonds is 3. The lowest BCUT2D eigenvalue weighted by molar-refractivity contribution is -0.136. The summed E-state index contributed by atoms with van der Waals surface area (Å²) in [5, 5.41) is 8.59. The number of phenols is 1. The van der Waals surface area contributed by atoms with Crippen molar-refractivity contribution >= 4 is 5.91 Å². The maximum absolute atomic E-state index is 12.9. The van der Waals surface area contributed by atoms with E-state index in [4.69, 9.17) is 5.11 Å². The van der Waals surface area contributed by atoms with E-state index in [9.17, 15) is 9.18 Å². The second-order valence-electron chi connectivity index (χ2n) is 8.90. The van der Waals surface area contributed by atoms with Crippen LogP contribution in [-0.2, 0) is 4.79 Å². The first-order valence-electron chi connectivity index (χ1n) is 11.3. The van der Waals surface area contributed by atoms with Crippen LogP contribution in [0, 0.1) is 5.82 Å². The van der Waals surface area contributed by atoms with Gasteiger partial charge in [-0.2, -0.15) is 0 Å². The number of phenolic OH excluding ortho intramolecular Hbond substituents is 1. The fraction of sp³-hybridized carbons (Fsp3) is 0.696. The zero-order valence-corrected chi connectivity index (χ0v) is 17.3. The Labute approximate surface area is 173 Å². The Morgan fingerprint density at radius 2 is 1.59 bits per heavy atom. The Morgan fingerprint density at radius 1 is 0.828 bits per heavy atom. The molecule has 1 atom stereocenters. The molecule has 160 valence electrons. The maximum Gasteiger partial charge on any atom is 0.239 e. The molecule has 2 saturated carbocycles. The Balaban J connectivity index is 0.000000216. The van der Waals surface area contributed by atoms with E-state index in [1.165, 1.54) is 75.8 Å². The number of amides is 1. The second kappa shape index (κ2) is 9.43. The molecule has 0 unspecified atom stereocenters. The monoisotopic (exact) mass is 403 g/mol. The maximum atomic E-state index is 12.9. The highest BCUT2D eigenvalue weighted by Gasteiger charge is 2.41. The molecule has 1 N–H and O–H groups in total. The third-order valence-corrected chi connectivity index (χ3v) is 6.86. The van der Waals surface area contributed by atoms with Crippen LogP contribution in [0.4, 0.5) is 4.39 Å². The van der Waals surface area contributed by atoms with Crippen LogP contribution in [0.25, 0.3) is 0 Å². The van der Waals surface area contributed by atoms with Crippen molar-refractivity contribution in [2.45, 2.75) is 69.5 Å². The van der Waals surface area contributed by atoms with E-state index in [0.717, 1.165) is 44.7 Å². The summed E-state index contributed by atoms with van der Waals surface area (Å²) in [6, 6.07) is 6.79. The van der Waals surface area contributed by atoms with E-state index in [-0.39, 0.29) is 17.6 Å². The van der Waals surface area contributed by atoms with Gasteiger partial charge in [-0.25, -0.2) is 4.39 Å². The molecular weight excluding hydrogens is 369 g/mol. The number of hydrogen-bond donors (Lipinski definition) is 1. The second-order valence-corrected chi connectivity index (χ2v) is 8.90. The molecule has 1 aromatic carbocycles. The van der Waals surface area contributed by atoms with Gasteiger partial charge in [0.25, 0.3) is 0 Å². The van der Waals surface area contributed by atoms with E-state index in [0.29, 0.717) is 5.91 Å². The predicted octanol–water partition coefficient (Wildman–Crippen LogP) is 3.23. The van der Waals surface area contributed by atoms with Crippen LogP contribution < -0.4 is 0 Å².